The predicted octanol–water partition coefficient (Wildman–Crippen LogP) is 1.71. The van der Waals surface area contributed by atoms with Gasteiger partial charge in [-0.05, 0) is 11.5 Å². The van der Waals surface area contributed by atoms with Crippen molar-refractivity contribution in [3.8, 4) is 12.1 Å². The van der Waals surface area contributed by atoms with E-state index >= 15 is 0 Å². The standard InChI is InChI=1S/C2H2N2S.C2N2.C2H6.Cu.H2S/c1-2-5-4-3-1;3-1-2-4;1-2;;/h1-2H;;1-2H3;;1H2. The van der Waals surface area contributed by atoms with Crippen molar-refractivity contribution >= 4 is 25.0 Å². The molecule has 4 nitrogen and oxygen atoms in total. The fourth-order valence-corrected chi connectivity index (χ4v) is 0.408. The van der Waals surface area contributed by atoms with E-state index in [9.17, 15) is 0 Å². The van der Waals surface area contributed by atoms with Crippen LogP contribution < -0.4 is 0 Å². The summed E-state index contributed by atoms with van der Waals surface area (Å²) in [4.78, 5) is 0. The molecule has 0 N–H and O–H groups in total. The van der Waals surface area contributed by atoms with Crippen molar-refractivity contribution in [2.75, 3.05) is 0 Å². The molecule has 0 amide bonds. The molecule has 1 radical (unpaired) electrons. The summed E-state index contributed by atoms with van der Waals surface area (Å²) >= 11 is 1.35. The topological polar surface area (TPSA) is 73.4 Å². The Labute approximate surface area is 99.7 Å². The molecule has 7 heteroatoms. The number of aromatic nitrogens is 2. The molecule has 0 aliphatic carbocycles. The molecule has 0 fully saturated rings. The third-order valence-electron chi connectivity index (χ3n) is 0.333. The van der Waals surface area contributed by atoms with Crippen molar-refractivity contribution < 1.29 is 17.1 Å². The van der Waals surface area contributed by atoms with Gasteiger partial charge in [-0.15, -0.1) is 5.10 Å². The van der Waals surface area contributed by atoms with E-state index in [-0.39, 0.29) is 30.6 Å². The zero-order valence-electron chi connectivity index (χ0n) is 7.15. The minimum Gasteiger partial charge on any atom is -0.197 e. The van der Waals surface area contributed by atoms with Crippen molar-refractivity contribution in [2.24, 2.45) is 0 Å². The molecular weight excluding hydrogens is 256 g/mol. The second kappa shape index (κ2) is 30.1. The Hall–Kier alpha value is -0.591. The Morgan fingerprint density at radius 2 is 1.69 bits per heavy atom. The van der Waals surface area contributed by atoms with Crippen molar-refractivity contribution in [3.05, 3.63) is 11.6 Å². The normalized spacial score (nSPS) is 4.31. The first-order valence-electron chi connectivity index (χ1n) is 2.91. The summed E-state index contributed by atoms with van der Waals surface area (Å²) in [6.45, 7) is 4.00. The van der Waals surface area contributed by atoms with Gasteiger partial charge in [0.1, 0.15) is 0 Å². The summed E-state index contributed by atoms with van der Waals surface area (Å²) in [5, 5.41) is 19.8. The Morgan fingerprint density at radius 3 is 1.77 bits per heavy atom. The van der Waals surface area contributed by atoms with Gasteiger partial charge in [-0.1, -0.05) is 18.3 Å². The van der Waals surface area contributed by atoms with Crippen LogP contribution in [0.2, 0.25) is 0 Å². The maximum atomic E-state index is 7.26. The van der Waals surface area contributed by atoms with Gasteiger partial charge in [-0.25, -0.2) is 0 Å². The SMILES string of the molecule is CC.N#CC#N.S.[Cu].c1csnn1. The fourth-order valence-electron chi connectivity index (χ4n) is 0.136. The van der Waals surface area contributed by atoms with Gasteiger partial charge in [-0.2, -0.15) is 24.0 Å². The number of hydrogen-bond donors (Lipinski definition) is 0. The first kappa shape index (κ1) is 22.8. The molecule has 0 saturated carbocycles. The maximum absolute atomic E-state index is 7.26. The monoisotopic (exact) mass is 265 g/mol. The molecule has 0 aliphatic rings. The molecule has 0 atom stereocenters. The molecule has 0 spiro atoms. The largest absolute Gasteiger partial charge is 0.197 e. The van der Waals surface area contributed by atoms with Crippen LogP contribution in [0.5, 0.6) is 0 Å². The molecule has 0 unspecified atom stereocenters. The van der Waals surface area contributed by atoms with Gasteiger partial charge >= 0.3 is 0 Å². The fraction of sp³-hybridized carbons (Fsp3) is 0.333. The summed E-state index contributed by atoms with van der Waals surface area (Å²) in [6, 6.07) is 2.47. The molecular formula is C6H10CuN4S2. The predicted molar refractivity (Wildman–Crippen MR) is 52.9 cm³/mol. The van der Waals surface area contributed by atoms with Crippen molar-refractivity contribution in [2.45, 2.75) is 13.8 Å². The molecule has 0 aromatic carbocycles. The Kier molecular flexibility index (Phi) is 52.9. The van der Waals surface area contributed by atoms with Crippen LogP contribution in [-0.2, 0) is 17.1 Å². The van der Waals surface area contributed by atoms with Gasteiger partial charge in [0.05, 0.1) is 6.20 Å². The van der Waals surface area contributed by atoms with E-state index in [4.69, 9.17) is 10.5 Å². The second-order valence-corrected chi connectivity index (χ2v) is 1.46. The number of hydrogen-bond acceptors (Lipinski definition) is 5. The summed E-state index contributed by atoms with van der Waals surface area (Å²) in [6.07, 6.45) is 1.66. The zero-order valence-corrected chi connectivity index (χ0v) is 9.91. The molecule has 77 valence electrons. The van der Waals surface area contributed by atoms with Crippen LogP contribution in [0.25, 0.3) is 0 Å². The molecule has 0 bridgehead atoms. The number of nitriles is 2. The van der Waals surface area contributed by atoms with E-state index in [0.29, 0.717) is 0 Å². The summed E-state index contributed by atoms with van der Waals surface area (Å²) < 4.78 is 3.51. The van der Waals surface area contributed by atoms with Gasteiger partial charge in [0.25, 0.3) is 0 Å². The van der Waals surface area contributed by atoms with Crippen molar-refractivity contribution in [1.82, 2.24) is 9.59 Å². The van der Waals surface area contributed by atoms with E-state index in [2.05, 4.69) is 9.59 Å². The molecule has 0 aliphatic heterocycles. The maximum Gasteiger partial charge on any atom is 0.181 e. The summed E-state index contributed by atoms with van der Waals surface area (Å²) in [7, 11) is 0. The van der Waals surface area contributed by atoms with Gasteiger partial charge in [0, 0.05) is 22.4 Å². The molecule has 1 rings (SSSR count). The molecule has 13 heavy (non-hydrogen) atoms. The Balaban J connectivity index is -0.0000000472. The average molecular weight is 266 g/mol. The molecule has 1 aromatic rings. The van der Waals surface area contributed by atoms with Gasteiger partial charge in [0.15, 0.2) is 12.1 Å². The van der Waals surface area contributed by atoms with E-state index in [1.165, 1.54) is 23.7 Å². The Morgan fingerprint density at radius 1 is 1.23 bits per heavy atom. The minimum absolute atomic E-state index is 0. The third-order valence-corrected chi connectivity index (χ3v) is 0.765. The van der Waals surface area contributed by atoms with Crippen LogP contribution >= 0.6 is 25.0 Å². The van der Waals surface area contributed by atoms with Gasteiger partial charge in [-0.3, -0.25) is 0 Å². The first-order chi connectivity index (χ1) is 5.41. The van der Waals surface area contributed by atoms with Crippen molar-refractivity contribution in [1.29, 1.82) is 10.5 Å². The van der Waals surface area contributed by atoms with E-state index in [0.717, 1.165) is 0 Å². The second-order valence-electron chi connectivity index (χ2n) is 0.811. The average Bonchev–Trinajstić information content (AvgIpc) is 2.65. The molecule has 1 aromatic heterocycles. The van der Waals surface area contributed by atoms with E-state index in [1.807, 2.05) is 19.2 Å². The summed E-state index contributed by atoms with van der Waals surface area (Å²) in [5.41, 5.74) is 0. The van der Waals surface area contributed by atoms with Crippen LogP contribution in [0.1, 0.15) is 13.8 Å². The molecule has 1 heterocycles. The van der Waals surface area contributed by atoms with Crippen LogP contribution in [0.4, 0.5) is 0 Å². The van der Waals surface area contributed by atoms with Crippen molar-refractivity contribution in [3.63, 3.8) is 0 Å². The number of rotatable bonds is 0. The van der Waals surface area contributed by atoms with Crippen LogP contribution in [0, 0.1) is 22.7 Å². The number of nitrogens with zero attached hydrogens (tertiary/aromatic N) is 4. The minimum atomic E-state index is 0. The van der Waals surface area contributed by atoms with Crippen LogP contribution in [0.3, 0.4) is 0 Å². The zero-order chi connectivity index (χ0) is 8.95. The van der Waals surface area contributed by atoms with Crippen LogP contribution in [-0.4, -0.2) is 9.59 Å². The van der Waals surface area contributed by atoms with E-state index in [1.54, 1.807) is 6.20 Å². The van der Waals surface area contributed by atoms with Gasteiger partial charge < -0.3 is 0 Å². The quantitative estimate of drug-likeness (QED) is 0.670. The third kappa shape index (κ3) is 34.5. The summed E-state index contributed by atoms with van der Waals surface area (Å²) in [5.74, 6) is 0. The van der Waals surface area contributed by atoms with E-state index < -0.39 is 0 Å². The molecule has 0 saturated heterocycles. The Bertz CT molecular complexity index is 184. The first-order valence-corrected chi connectivity index (χ1v) is 3.74. The van der Waals surface area contributed by atoms with Crippen LogP contribution in [0.15, 0.2) is 11.6 Å². The smallest absolute Gasteiger partial charge is 0.181 e. The van der Waals surface area contributed by atoms with Gasteiger partial charge in [0.2, 0.25) is 0 Å².